The second kappa shape index (κ2) is 6.26. The molecule has 2 N–H and O–H groups in total. The normalized spacial score (nSPS) is 10.8. The van der Waals surface area contributed by atoms with Crippen molar-refractivity contribution in [1.82, 2.24) is 15.2 Å². The second-order valence-electron chi connectivity index (χ2n) is 4.95. The average Bonchev–Trinajstić information content (AvgIpc) is 2.91. The molecule has 0 spiro atoms. The summed E-state index contributed by atoms with van der Waals surface area (Å²) in [5, 5.41) is 9.50. The molecule has 0 fully saturated rings. The van der Waals surface area contributed by atoms with Crippen molar-refractivity contribution in [3.05, 3.63) is 33.8 Å². The van der Waals surface area contributed by atoms with Crippen molar-refractivity contribution in [3.63, 3.8) is 0 Å². The number of hydrogen-bond acceptors (Lipinski definition) is 4. The Hall–Kier alpha value is -1.89. The molecule has 0 radical (unpaired) electrons. The highest BCUT2D eigenvalue weighted by atomic mass is 79.9. The quantitative estimate of drug-likeness (QED) is 0.884. The Labute approximate surface area is 131 Å². The van der Waals surface area contributed by atoms with Crippen LogP contribution in [0.3, 0.4) is 0 Å². The summed E-state index contributed by atoms with van der Waals surface area (Å²) in [6, 6.07) is 3.69. The molecule has 0 unspecified atom stereocenters. The lowest BCUT2D eigenvalue weighted by Crippen LogP contribution is -2.15. The number of anilines is 1. The van der Waals surface area contributed by atoms with Crippen LogP contribution in [0.4, 0.5) is 5.69 Å². The first-order valence-electron chi connectivity index (χ1n) is 6.50. The molecule has 0 saturated heterocycles. The Morgan fingerprint density at radius 3 is 2.71 bits per heavy atom. The van der Waals surface area contributed by atoms with Gasteiger partial charge in [-0.2, -0.15) is 0 Å². The minimum absolute atomic E-state index is 0.114. The van der Waals surface area contributed by atoms with Crippen LogP contribution >= 0.6 is 15.9 Å². The molecular weight excluding hydrogens is 336 g/mol. The molecule has 1 heterocycles. The molecule has 2 rings (SSSR count). The third-order valence-electron chi connectivity index (χ3n) is 2.98. The van der Waals surface area contributed by atoms with E-state index in [1.54, 1.807) is 13.2 Å². The number of rotatable bonds is 4. The van der Waals surface area contributed by atoms with Gasteiger partial charge in [0.25, 0.3) is 5.91 Å². The standard InChI is InChI=1S/C14H17BrN4O2/c1-7(2)12-17-13(19-18-12)14(20)16-11-8(3)5-9(15)6-10(11)21-4/h5-7H,1-4H3,(H,16,20)(H,17,18,19). The number of amides is 1. The average molecular weight is 353 g/mol. The number of carbonyl (C=O) groups excluding carboxylic acids is 1. The number of benzene rings is 1. The van der Waals surface area contributed by atoms with Crippen molar-refractivity contribution in [2.75, 3.05) is 12.4 Å². The van der Waals surface area contributed by atoms with Gasteiger partial charge in [-0.1, -0.05) is 29.8 Å². The van der Waals surface area contributed by atoms with E-state index in [0.717, 1.165) is 10.0 Å². The van der Waals surface area contributed by atoms with Gasteiger partial charge in [0.15, 0.2) is 0 Å². The largest absolute Gasteiger partial charge is 0.495 e. The Balaban J connectivity index is 2.27. The number of methoxy groups -OCH3 is 1. The SMILES string of the molecule is COc1cc(Br)cc(C)c1NC(=O)c1n[nH]c(C(C)C)n1. The summed E-state index contributed by atoms with van der Waals surface area (Å²) in [5.74, 6) is 1.18. The number of halogens is 1. The minimum atomic E-state index is -0.373. The fraction of sp³-hybridized carbons (Fsp3) is 0.357. The monoisotopic (exact) mass is 352 g/mol. The number of nitrogens with zero attached hydrogens (tertiary/aromatic N) is 2. The van der Waals surface area contributed by atoms with Crippen molar-refractivity contribution < 1.29 is 9.53 Å². The molecule has 21 heavy (non-hydrogen) atoms. The van der Waals surface area contributed by atoms with E-state index in [-0.39, 0.29) is 17.6 Å². The van der Waals surface area contributed by atoms with Gasteiger partial charge in [-0.05, 0) is 24.6 Å². The van der Waals surface area contributed by atoms with Gasteiger partial charge in [0, 0.05) is 10.4 Å². The Morgan fingerprint density at radius 1 is 1.43 bits per heavy atom. The smallest absolute Gasteiger partial charge is 0.295 e. The lowest BCUT2D eigenvalue weighted by molar-refractivity contribution is 0.101. The first-order chi connectivity index (χ1) is 9.92. The van der Waals surface area contributed by atoms with Gasteiger partial charge in [0.2, 0.25) is 5.82 Å². The Bertz CT molecular complexity index is 667. The first-order valence-corrected chi connectivity index (χ1v) is 7.29. The highest BCUT2D eigenvalue weighted by Crippen LogP contribution is 2.32. The summed E-state index contributed by atoms with van der Waals surface area (Å²) in [4.78, 5) is 16.4. The molecule has 112 valence electrons. The van der Waals surface area contributed by atoms with Gasteiger partial charge < -0.3 is 10.1 Å². The molecule has 6 nitrogen and oxygen atoms in total. The van der Waals surface area contributed by atoms with Crippen molar-refractivity contribution in [1.29, 1.82) is 0 Å². The van der Waals surface area contributed by atoms with Crippen molar-refractivity contribution in [3.8, 4) is 5.75 Å². The summed E-state index contributed by atoms with van der Waals surface area (Å²) in [6.45, 7) is 5.84. The topological polar surface area (TPSA) is 79.9 Å². The molecule has 1 aromatic carbocycles. The van der Waals surface area contributed by atoms with Gasteiger partial charge in [-0.15, -0.1) is 5.10 Å². The van der Waals surface area contributed by atoms with Crippen LogP contribution in [-0.4, -0.2) is 28.2 Å². The maximum absolute atomic E-state index is 12.2. The Kier molecular flexibility index (Phi) is 4.62. The molecule has 0 aliphatic carbocycles. The fourth-order valence-corrected chi connectivity index (χ4v) is 2.39. The molecule has 2 aromatic rings. The fourth-order valence-electron chi connectivity index (χ4n) is 1.84. The first kappa shape index (κ1) is 15.5. The van der Waals surface area contributed by atoms with Crippen molar-refractivity contribution in [2.24, 2.45) is 0 Å². The van der Waals surface area contributed by atoms with Crippen LogP contribution in [0.25, 0.3) is 0 Å². The minimum Gasteiger partial charge on any atom is -0.495 e. The van der Waals surface area contributed by atoms with Gasteiger partial charge in [0.05, 0.1) is 12.8 Å². The molecule has 0 bridgehead atoms. The number of ether oxygens (including phenoxy) is 1. The van der Waals surface area contributed by atoms with Crippen LogP contribution in [0.15, 0.2) is 16.6 Å². The summed E-state index contributed by atoms with van der Waals surface area (Å²) < 4.78 is 6.18. The summed E-state index contributed by atoms with van der Waals surface area (Å²) in [6.07, 6.45) is 0. The lowest BCUT2D eigenvalue weighted by Gasteiger charge is -2.12. The molecule has 1 aromatic heterocycles. The number of aryl methyl sites for hydroxylation is 1. The van der Waals surface area contributed by atoms with E-state index in [2.05, 4.69) is 36.4 Å². The van der Waals surface area contributed by atoms with E-state index in [4.69, 9.17) is 4.74 Å². The van der Waals surface area contributed by atoms with Crippen LogP contribution in [0.5, 0.6) is 5.75 Å². The van der Waals surface area contributed by atoms with E-state index in [1.165, 1.54) is 0 Å². The van der Waals surface area contributed by atoms with E-state index in [0.29, 0.717) is 17.3 Å². The van der Waals surface area contributed by atoms with E-state index in [1.807, 2.05) is 26.8 Å². The molecule has 1 amide bonds. The molecule has 0 aliphatic rings. The zero-order valence-electron chi connectivity index (χ0n) is 12.3. The zero-order chi connectivity index (χ0) is 15.6. The maximum Gasteiger partial charge on any atom is 0.295 e. The number of H-pyrrole nitrogens is 1. The number of aromatic amines is 1. The summed E-state index contributed by atoms with van der Waals surface area (Å²) in [7, 11) is 1.56. The van der Waals surface area contributed by atoms with E-state index >= 15 is 0 Å². The van der Waals surface area contributed by atoms with Crippen molar-refractivity contribution in [2.45, 2.75) is 26.7 Å². The predicted molar refractivity (Wildman–Crippen MR) is 83.9 cm³/mol. The number of aromatic nitrogens is 3. The third-order valence-corrected chi connectivity index (χ3v) is 3.43. The summed E-state index contributed by atoms with van der Waals surface area (Å²) >= 11 is 3.40. The van der Waals surface area contributed by atoms with Crippen molar-refractivity contribution >= 4 is 27.5 Å². The van der Waals surface area contributed by atoms with Crippen LogP contribution in [0.1, 0.15) is 41.8 Å². The molecule has 0 saturated carbocycles. The highest BCUT2D eigenvalue weighted by Gasteiger charge is 2.17. The molecular formula is C14H17BrN4O2. The molecule has 7 heteroatoms. The maximum atomic E-state index is 12.2. The molecule has 0 atom stereocenters. The zero-order valence-corrected chi connectivity index (χ0v) is 13.9. The van der Waals surface area contributed by atoms with E-state index < -0.39 is 0 Å². The van der Waals surface area contributed by atoms with Gasteiger partial charge in [-0.25, -0.2) is 4.98 Å². The van der Waals surface area contributed by atoms with E-state index in [9.17, 15) is 4.79 Å². The van der Waals surface area contributed by atoms with Crippen LogP contribution in [0.2, 0.25) is 0 Å². The second-order valence-corrected chi connectivity index (χ2v) is 5.87. The van der Waals surface area contributed by atoms with Gasteiger partial charge >= 0.3 is 0 Å². The van der Waals surface area contributed by atoms with Crippen LogP contribution in [-0.2, 0) is 0 Å². The van der Waals surface area contributed by atoms with Crippen LogP contribution < -0.4 is 10.1 Å². The number of hydrogen-bond donors (Lipinski definition) is 2. The van der Waals surface area contributed by atoms with Crippen LogP contribution in [0, 0.1) is 6.92 Å². The Morgan fingerprint density at radius 2 is 2.14 bits per heavy atom. The van der Waals surface area contributed by atoms with Gasteiger partial charge in [-0.3, -0.25) is 9.89 Å². The number of carbonyl (C=O) groups is 1. The third kappa shape index (κ3) is 3.41. The van der Waals surface area contributed by atoms with Gasteiger partial charge in [0.1, 0.15) is 11.6 Å². The predicted octanol–water partition coefficient (Wildman–Crippen LogP) is 3.26. The number of nitrogens with one attached hydrogen (secondary N) is 2. The molecule has 0 aliphatic heterocycles. The highest BCUT2D eigenvalue weighted by molar-refractivity contribution is 9.10. The summed E-state index contributed by atoms with van der Waals surface area (Å²) in [5.41, 5.74) is 1.50. The lowest BCUT2D eigenvalue weighted by atomic mass is 10.2.